The number of hydroxylamine groups is 2. The van der Waals surface area contributed by atoms with Gasteiger partial charge in [-0.15, -0.1) is 0 Å². The second-order valence-electron chi connectivity index (χ2n) is 4.09. The Morgan fingerprint density at radius 2 is 2.27 bits per heavy atom. The molecule has 0 radical (unpaired) electrons. The molecular weight excluding hydrogens is 194 g/mol. The van der Waals surface area contributed by atoms with Gasteiger partial charge in [0.1, 0.15) is 0 Å². The third kappa shape index (κ3) is 2.79. The van der Waals surface area contributed by atoms with Gasteiger partial charge in [-0.1, -0.05) is 12.2 Å². The largest absolute Gasteiger partial charge is 0.377 e. The highest BCUT2D eigenvalue weighted by Gasteiger charge is 2.32. The van der Waals surface area contributed by atoms with Gasteiger partial charge in [0.25, 0.3) is 5.91 Å². The van der Waals surface area contributed by atoms with Gasteiger partial charge in [-0.05, 0) is 26.7 Å². The van der Waals surface area contributed by atoms with Crippen LogP contribution in [-0.4, -0.2) is 35.4 Å². The molecule has 0 bridgehead atoms. The average Bonchev–Trinajstić information content (AvgIpc) is 2.26. The third-order valence-corrected chi connectivity index (χ3v) is 2.67. The number of amides is 1. The summed E-state index contributed by atoms with van der Waals surface area (Å²) in [5.41, 5.74) is 0. The SMILES string of the molecule is CO[C@@H]1C=CCC[C@@H]1C(=O)N(O)C(C)C. The quantitative estimate of drug-likeness (QED) is 0.440. The number of allylic oxidation sites excluding steroid dienone is 1. The van der Waals surface area contributed by atoms with Crippen molar-refractivity contribution in [3.8, 4) is 0 Å². The van der Waals surface area contributed by atoms with Gasteiger partial charge in [-0.25, -0.2) is 5.06 Å². The van der Waals surface area contributed by atoms with Crippen LogP contribution in [0, 0.1) is 5.92 Å². The van der Waals surface area contributed by atoms with E-state index in [4.69, 9.17) is 4.74 Å². The molecule has 0 heterocycles. The Hall–Kier alpha value is -0.870. The molecule has 2 atom stereocenters. The van der Waals surface area contributed by atoms with E-state index in [0.29, 0.717) is 0 Å². The highest BCUT2D eigenvalue weighted by atomic mass is 16.5. The third-order valence-electron chi connectivity index (χ3n) is 2.67. The molecule has 0 unspecified atom stereocenters. The molecule has 15 heavy (non-hydrogen) atoms. The fraction of sp³-hybridized carbons (Fsp3) is 0.727. The standard InChI is InChI=1S/C11H19NO3/c1-8(2)12(14)11(13)9-6-4-5-7-10(9)15-3/h5,7-10,14H,4,6H2,1-3H3/t9-,10+/m0/s1. The smallest absolute Gasteiger partial charge is 0.252 e. The monoisotopic (exact) mass is 213 g/mol. The van der Waals surface area contributed by atoms with E-state index in [0.717, 1.165) is 17.9 Å². The molecular formula is C11H19NO3. The molecule has 0 fully saturated rings. The lowest BCUT2D eigenvalue weighted by Crippen LogP contribution is -2.43. The minimum atomic E-state index is -0.257. The number of carbonyl (C=O) groups is 1. The Kier molecular flexibility index (Phi) is 4.29. The van der Waals surface area contributed by atoms with Crippen LogP contribution in [0.3, 0.4) is 0 Å². The molecule has 1 rings (SSSR count). The molecule has 0 aromatic rings. The summed E-state index contributed by atoms with van der Waals surface area (Å²) in [6.45, 7) is 3.55. The number of nitrogens with zero attached hydrogens (tertiary/aromatic N) is 1. The zero-order valence-corrected chi connectivity index (χ0v) is 9.51. The van der Waals surface area contributed by atoms with E-state index < -0.39 is 0 Å². The van der Waals surface area contributed by atoms with Gasteiger partial charge < -0.3 is 4.74 Å². The maximum Gasteiger partial charge on any atom is 0.252 e. The van der Waals surface area contributed by atoms with Crippen LogP contribution in [0.4, 0.5) is 0 Å². The zero-order chi connectivity index (χ0) is 11.4. The predicted molar refractivity (Wildman–Crippen MR) is 56.4 cm³/mol. The first-order chi connectivity index (χ1) is 7.07. The predicted octanol–water partition coefficient (Wildman–Crippen LogP) is 1.59. The summed E-state index contributed by atoms with van der Waals surface area (Å²) in [5, 5.41) is 10.4. The van der Waals surface area contributed by atoms with Crippen molar-refractivity contribution >= 4 is 5.91 Å². The van der Waals surface area contributed by atoms with Crippen LogP contribution >= 0.6 is 0 Å². The number of hydrogen-bond acceptors (Lipinski definition) is 3. The lowest BCUT2D eigenvalue weighted by Gasteiger charge is -2.29. The van der Waals surface area contributed by atoms with Crippen LogP contribution in [-0.2, 0) is 9.53 Å². The van der Waals surface area contributed by atoms with Crippen molar-refractivity contribution in [2.45, 2.75) is 38.8 Å². The molecule has 4 nitrogen and oxygen atoms in total. The maximum absolute atomic E-state index is 11.9. The van der Waals surface area contributed by atoms with E-state index >= 15 is 0 Å². The first kappa shape index (κ1) is 12.2. The van der Waals surface area contributed by atoms with Crippen molar-refractivity contribution in [3.05, 3.63) is 12.2 Å². The highest BCUT2D eigenvalue weighted by molar-refractivity contribution is 5.79. The van der Waals surface area contributed by atoms with Crippen molar-refractivity contribution < 1.29 is 14.7 Å². The maximum atomic E-state index is 11.9. The van der Waals surface area contributed by atoms with Gasteiger partial charge >= 0.3 is 0 Å². The van der Waals surface area contributed by atoms with Crippen molar-refractivity contribution in [1.82, 2.24) is 5.06 Å². The minimum Gasteiger partial charge on any atom is -0.377 e. The molecule has 0 aliphatic heterocycles. The van der Waals surface area contributed by atoms with Crippen LogP contribution in [0.1, 0.15) is 26.7 Å². The fourth-order valence-corrected chi connectivity index (χ4v) is 1.74. The van der Waals surface area contributed by atoms with Gasteiger partial charge in [0.2, 0.25) is 0 Å². The molecule has 0 aromatic heterocycles. The summed E-state index contributed by atoms with van der Waals surface area (Å²) in [5.74, 6) is -0.506. The molecule has 1 amide bonds. The summed E-state index contributed by atoms with van der Waals surface area (Å²) < 4.78 is 5.21. The van der Waals surface area contributed by atoms with Crippen LogP contribution in [0.25, 0.3) is 0 Å². The molecule has 1 aliphatic carbocycles. The van der Waals surface area contributed by atoms with Crippen LogP contribution in [0.15, 0.2) is 12.2 Å². The van der Waals surface area contributed by atoms with E-state index in [2.05, 4.69) is 0 Å². The summed E-state index contributed by atoms with van der Waals surface area (Å²) in [6, 6.07) is -0.194. The second kappa shape index (κ2) is 5.28. The van der Waals surface area contributed by atoms with Crippen molar-refractivity contribution in [1.29, 1.82) is 0 Å². The normalized spacial score (nSPS) is 25.7. The first-order valence-corrected chi connectivity index (χ1v) is 5.29. The summed E-state index contributed by atoms with van der Waals surface area (Å²) in [4.78, 5) is 11.9. The lowest BCUT2D eigenvalue weighted by atomic mass is 9.90. The number of ether oxygens (including phenoxy) is 1. The Bertz CT molecular complexity index is 250. The zero-order valence-electron chi connectivity index (χ0n) is 9.51. The Labute approximate surface area is 90.5 Å². The first-order valence-electron chi connectivity index (χ1n) is 5.29. The van der Waals surface area contributed by atoms with Crippen LogP contribution in [0.2, 0.25) is 0 Å². The van der Waals surface area contributed by atoms with Crippen molar-refractivity contribution in [2.24, 2.45) is 5.92 Å². The number of carbonyl (C=O) groups excluding carboxylic acids is 1. The minimum absolute atomic E-state index is 0.194. The Morgan fingerprint density at radius 3 is 2.80 bits per heavy atom. The van der Waals surface area contributed by atoms with E-state index in [1.807, 2.05) is 12.2 Å². The van der Waals surface area contributed by atoms with E-state index in [1.54, 1.807) is 21.0 Å². The number of methoxy groups -OCH3 is 1. The molecule has 86 valence electrons. The lowest BCUT2D eigenvalue weighted by molar-refractivity contribution is -0.181. The average molecular weight is 213 g/mol. The van der Waals surface area contributed by atoms with Gasteiger partial charge in [0, 0.05) is 7.11 Å². The summed E-state index contributed by atoms with van der Waals surface area (Å²) in [6.07, 6.45) is 5.29. The van der Waals surface area contributed by atoms with Gasteiger partial charge in [0.15, 0.2) is 0 Å². The number of rotatable bonds is 3. The highest BCUT2D eigenvalue weighted by Crippen LogP contribution is 2.23. The molecule has 0 saturated carbocycles. The number of hydrogen-bond donors (Lipinski definition) is 1. The van der Waals surface area contributed by atoms with Gasteiger partial charge in [-0.2, -0.15) is 0 Å². The molecule has 0 spiro atoms. The van der Waals surface area contributed by atoms with E-state index in [9.17, 15) is 10.0 Å². The van der Waals surface area contributed by atoms with Gasteiger partial charge in [-0.3, -0.25) is 10.0 Å². The second-order valence-corrected chi connectivity index (χ2v) is 4.09. The van der Waals surface area contributed by atoms with E-state index in [-0.39, 0.29) is 24.0 Å². The van der Waals surface area contributed by atoms with Crippen molar-refractivity contribution in [2.75, 3.05) is 7.11 Å². The Morgan fingerprint density at radius 1 is 1.60 bits per heavy atom. The van der Waals surface area contributed by atoms with Crippen LogP contribution < -0.4 is 0 Å². The van der Waals surface area contributed by atoms with Gasteiger partial charge in [0.05, 0.1) is 18.1 Å². The topological polar surface area (TPSA) is 49.8 Å². The molecule has 0 aromatic carbocycles. The molecule has 4 heteroatoms. The molecule has 1 aliphatic rings. The summed E-state index contributed by atoms with van der Waals surface area (Å²) in [7, 11) is 1.58. The molecule has 1 N–H and O–H groups in total. The van der Waals surface area contributed by atoms with Crippen molar-refractivity contribution in [3.63, 3.8) is 0 Å². The Balaban J connectivity index is 2.69. The van der Waals surface area contributed by atoms with E-state index in [1.165, 1.54) is 0 Å². The summed E-state index contributed by atoms with van der Waals surface area (Å²) >= 11 is 0. The molecule has 0 saturated heterocycles. The van der Waals surface area contributed by atoms with Crippen LogP contribution in [0.5, 0.6) is 0 Å². The fourth-order valence-electron chi connectivity index (χ4n) is 1.74.